The number of benzene rings is 1. The number of nitrogens with zero attached hydrogens (tertiary/aromatic N) is 1. The van der Waals surface area contributed by atoms with Gasteiger partial charge in [-0.1, -0.05) is 31.4 Å². The molecule has 2 amide bonds. The van der Waals surface area contributed by atoms with Crippen molar-refractivity contribution in [2.45, 2.75) is 82.5 Å². The van der Waals surface area contributed by atoms with E-state index in [1.165, 1.54) is 22.9 Å². The summed E-state index contributed by atoms with van der Waals surface area (Å²) >= 11 is 0. The fraction of sp³-hybridized carbons (Fsp3) is 0.630. The number of rotatable bonds is 6. The summed E-state index contributed by atoms with van der Waals surface area (Å²) in [5.74, 6) is 0.486. The third-order valence-corrected chi connectivity index (χ3v) is 8.53. The Morgan fingerprint density at radius 3 is 2.71 bits per heavy atom. The number of carbonyl (C=O) groups is 2. The normalized spacial score (nSPS) is 27.0. The molecule has 1 aromatic heterocycles. The van der Waals surface area contributed by atoms with Gasteiger partial charge in [0.1, 0.15) is 6.04 Å². The van der Waals surface area contributed by atoms with Gasteiger partial charge in [-0.3, -0.25) is 9.59 Å². The van der Waals surface area contributed by atoms with E-state index in [2.05, 4.69) is 57.2 Å². The number of amides is 2. The number of carbonyl (C=O) groups excluding carboxylic acids is 2. The third-order valence-electron chi connectivity index (χ3n) is 8.53. The number of aromatic amines is 1. The van der Waals surface area contributed by atoms with Crippen LogP contribution in [0.5, 0.6) is 0 Å². The predicted molar refractivity (Wildman–Crippen MR) is 135 cm³/mol. The molecule has 34 heavy (non-hydrogen) atoms. The van der Waals surface area contributed by atoms with Gasteiger partial charge in [-0.05, 0) is 63.3 Å². The molecule has 3 aliphatic rings. The van der Waals surface area contributed by atoms with Gasteiger partial charge in [-0.15, -0.1) is 0 Å². The molecule has 5 rings (SSSR count). The number of hydrogen-bond donors (Lipinski definition) is 4. The van der Waals surface area contributed by atoms with Crippen molar-refractivity contribution in [2.24, 2.45) is 5.92 Å². The Labute approximate surface area is 202 Å². The number of aromatic nitrogens is 1. The second kappa shape index (κ2) is 9.70. The summed E-state index contributed by atoms with van der Waals surface area (Å²) in [7, 11) is 1.78. The molecule has 5 atom stereocenters. The molecule has 0 unspecified atom stereocenters. The van der Waals surface area contributed by atoms with Crippen LogP contribution < -0.4 is 16.0 Å². The molecule has 0 spiro atoms. The second-order valence-electron chi connectivity index (χ2n) is 10.6. The first-order valence-electron chi connectivity index (χ1n) is 13.1. The molecule has 1 aliphatic carbocycles. The number of nitrogens with one attached hydrogen (secondary N) is 4. The van der Waals surface area contributed by atoms with E-state index in [9.17, 15) is 9.59 Å². The van der Waals surface area contributed by atoms with E-state index in [1.54, 1.807) is 7.05 Å². The quantitative estimate of drug-likeness (QED) is 0.528. The number of H-pyrrole nitrogens is 1. The van der Waals surface area contributed by atoms with Gasteiger partial charge in [0, 0.05) is 42.1 Å². The van der Waals surface area contributed by atoms with Crippen molar-refractivity contribution >= 4 is 22.7 Å². The van der Waals surface area contributed by atoms with Gasteiger partial charge in [0.05, 0.1) is 12.1 Å². The van der Waals surface area contributed by atoms with Gasteiger partial charge in [0.15, 0.2) is 0 Å². The van der Waals surface area contributed by atoms with Crippen molar-refractivity contribution in [1.82, 2.24) is 25.8 Å². The lowest BCUT2D eigenvalue weighted by Crippen LogP contribution is -2.57. The van der Waals surface area contributed by atoms with E-state index in [0.717, 1.165) is 50.7 Å². The SMILES string of the molecule is CN[C@@H](C)C(=O)N[C@H](C(=O)N1CC[C@H]2NC[C@H](c3c[nH]c4cc(C)ccc34)[C@H]21)C1CCCCC1. The summed E-state index contributed by atoms with van der Waals surface area (Å²) in [6, 6.07) is 6.23. The highest BCUT2D eigenvalue weighted by Gasteiger charge is 2.49. The minimum absolute atomic E-state index is 0.0877. The molecule has 1 saturated carbocycles. The maximum absolute atomic E-state index is 14.1. The number of aryl methyl sites for hydroxylation is 1. The summed E-state index contributed by atoms with van der Waals surface area (Å²) in [5, 5.41) is 11.1. The molecule has 2 aromatic rings. The summed E-state index contributed by atoms with van der Waals surface area (Å²) < 4.78 is 0. The third kappa shape index (κ3) is 4.24. The van der Waals surface area contributed by atoms with Crippen molar-refractivity contribution in [2.75, 3.05) is 20.1 Å². The Hall–Kier alpha value is -2.38. The minimum Gasteiger partial charge on any atom is -0.361 e. The number of likely N-dealkylation sites (tertiary alicyclic amines) is 1. The molecule has 4 N–H and O–H groups in total. The molecule has 0 radical (unpaired) electrons. The predicted octanol–water partition coefficient (Wildman–Crippen LogP) is 2.81. The standard InChI is InChI=1S/C27H39N5O2/c1-16-9-10-19-20(14-30-23(19)13-16)21-15-29-22-11-12-32(25(21)22)27(34)24(18-7-5-4-6-8-18)31-26(33)17(2)28-3/h9-10,13-14,17-18,21-22,24-25,28-30H,4-8,11-12,15H2,1-3H3,(H,31,33)/t17-,21+,22+,24-,25+/m0/s1. The highest BCUT2D eigenvalue weighted by Crippen LogP contribution is 2.40. The van der Waals surface area contributed by atoms with Crippen LogP contribution in [0, 0.1) is 12.8 Å². The molecule has 0 bridgehead atoms. The van der Waals surface area contributed by atoms with Crippen LogP contribution in [0.25, 0.3) is 10.9 Å². The van der Waals surface area contributed by atoms with Crippen molar-refractivity contribution in [3.05, 3.63) is 35.5 Å². The van der Waals surface area contributed by atoms with Crippen LogP contribution in [0.15, 0.2) is 24.4 Å². The maximum atomic E-state index is 14.1. The van der Waals surface area contributed by atoms with Gasteiger partial charge >= 0.3 is 0 Å². The van der Waals surface area contributed by atoms with E-state index in [1.807, 2.05) is 6.92 Å². The largest absolute Gasteiger partial charge is 0.361 e. The average molecular weight is 466 g/mol. The first-order chi connectivity index (χ1) is 16.5. The number of likely N-dealkylation sites (N-methyl/N-ethyl adjacent to an activating group) is 1. The first-order valence-corrected chi connectivity index (χ1v) is 13.1. The molecule has 3 heterocycles. The average Bonchev–Trinajstić information content (AvgIpc) is 3.56. The summed E-state index contributed by atoms with van der Waals surface area (Å²) in [6.45, 7) is 5.58. The molecule has 3 fully saturated rings. The zero-order chi connectivity index (χ0) is 23.8. The highest BCUT2D eigenvalue weighted by atomic mass is 16.2. The van der Waals surface area contributed by atoms with Crippen LogP contribution in [0.3, 0.4) is 0 Å². The van der Waals surface area contributed by atoms with Gasteiger partial charge in [-0.2, -0.15) is 0 Å². The minimum atomic E-state index is -0.436. The lowest BCUT2D eigenvalue weighted by Gasteiger charge is -2.36. The van der Waals surface area contributed by atoms with Crippen molar-refractivity contribution in [3.8, 4) is 0 Å². The first kappa shape index (κ1) is 23.4. The Kier molecular flexibility index (Phi) is 6.67. The Morgan fingerprint density at radius 2 is 1.94 bits per heavy atom. The Morgan fingerprint density at radius 1 is 1.15 bits per heavy atom. The van der Waals surface area contributed by atoms with Gasteiger partial charge in [-0.25, -0.2) is 0 Å². The van der Waals surface area contributed by atoms with E-state index >= 15 is 0 Å². The molecule has 2 saturated heterocycles. The fourth-order valence-electron chi connectivity index (χ4n) is 6.49. The molecule has 2 aliphatic heterocycles. The summed E-state index contributed by atoms with van der Waals surface area (Å²) in [4.78, 5) is 32.5. The van der Waals surface area contributed by atoms with Crippen LogP contribution in [0.2, 0.25) is 0 Å². The molecule has 7 nitrogen and oxygen atoms in total. The van der Waals surface area contributed by atoms with Gasteiger partial charge < -0.3 is 25.8 Å². The topological polar surface area (TPSA) is 89.3 Å². The summed E-state index contributed by atoms with van der Waals surface area (Å²) in [6.07, 6.45) is 8.61. The molecular formula is C27H39N5O2. The van der Waals surface area contributed by atoms with Crippen LogP contribution in [-0.2, 0) is 9.59 Å². The van der Waals surface area contributed by atoms with Crippen molar-refractivity contribution < 1.29 is 9.59 Å². The molecule has 7 heteroatoms. The Bertz CT molecular complexity index is 1040. The van der Waals surface area contributed by atoms with Gasteiger partial charge in [0.2, 0.25) is 11.8 Å². The molecular weight excluding hydrogens is 426 g/mol. The van der Waals surface area contributed by atoms with Crippen LogP contribution in [-0.4, -0.2) is 66.0 Å². The monoisotopic (exact) mass is 465 g/mol. The van der Waals surface area contributed by atoms with E-state index in [-0.39, 0.29) is 35.7 Å². The van der Waals surface area contributed by atoms with E-state index in [0.29, 0.717) is 6.04 Å². The molecule has 1 aromatic carbocycles. The van der Waals surface area contributed by atoms with Gasteiger partial charge in [0.25, 0.3) is 0 Å². The summed E-state index contributed by atoms with van der Waals surface area (Å²) in [5.41, 5.74) is 3.68. The van der Waals surface area contributed by atoms with E-state index in [4.69, 9.17) is 0 Å². The van der Waals surface area contributed by atoms with Crippen LogP contribution in [0.4, 0.5) is 0 Å². The van der Waals surface area contributed by atoms with E-state index < -0.39 is 6.04 Å². The smallest absolute Gasteiger partial charge is 0.245 e. The Balaban J connectivity index is 1.42. The lowest BCUT2D eigenvalue weighted by atomic mass is 9.82. The maximum Gasteiger partial charge on any atom is 0.245 e. The van der Waals surface area contributed by atoms with Crippen LogP contribution in [0.1, 0.15) is 62.5 Å². The number of fused-ring (bicyclic) bond motifs is 2. The van der Waals surface area contributed by atoms with Crippen molar-refractivity contribution in [1.29, 1.82) is 0 Å². The number of hydrogen-bond acceptors (Lipinski definition) is 4. The highest BCUT2D eigenvalue weighted by molar-refractivity contribution is 5.90. The zero-order valence-corrected chi connectivity index (χ0v) is 20.7. The zero-order valence-electron chi connectivity index (χ0n) is 20.7. The van der Waals surface area contributed by atoms with Crippen molar-refractivity contribution in [3.63, 3.8) is 0 Å². The second-order valence-corrected chi connectivity index (χ2v) is 10.6. The van der Waals surface area contributed by atoms with Crippen LogP contribution >= 0.6 is 0 Å². The fourth-order valence-corrected chi connectivity index (χ4v) is 6.49. The lowest BCUT2D eigenvalue weighted by molar-refractivity contribution is -0.139. The molecule has 184 valence electrons.